The van der Waals surface area contributed by atoms with E-state index in [-0.39, 0.29) is 13.4 Å². The number of nitrogens with one attached hydrogen (secondary N) is 2. The Hall–Kier alpha value is -3.42. The average Bonchev–Trinajstić information content (AvgIpc) is 3.19. The zero-order valence-corrected chi connectivity index (χ0v) is 16.4. The summed E-state index contributed by atoms with van der Waals surface area (Å²) in [5.74, 6) is 2.41. The lowest BCUT2D eigenvalue weighted by Gasteiger charge is -2.12. The number of hydrogen-bond acceptors (Lipinski definition) is 5. The van der Waals surface area contributed by atoms with Crippen molar-refractivity contribution in [3.05, 3.63) is 53.6 Å². The molecule has 0 saturated heterocycles. The molecule has 0 saturated carbocycles. The number of fused-ring (bicyclic) bond motifs is 1. The van der Waals surface area contributed by atoms with E-state index in [1.807, 2.05) is 43.3 Å². The maximum atomic E-state index is 10.8. The highest BCUT2D eigenvalue weighted by Gasteiger charge is 2.13. The first kappa shape index (κ1) is 20.3. The normalized spacial score (nSPS) is 12.5. The Morgan fingerprint density at radius 2 is 2.00 bits per heavy atom. The first-order valence-electron chi connectivity index (χ1n) is 9.55. The van der Waals surface area contributed by atoms with Crippen molar-refractivity contribution >= 4 is 11.9 Å². The fourth-order valence-electron chi connectivity index (χ4n) is 2.82. The number of carbonyl (C=O) groups is 1. The topological polar surface area (TPSA) is 107 Å². The van der Waals surface area contributed by atoms with Crippen molar-refractivity contribution in [3.8, 4) is 17.2 Å². The van der Waals surface area contributed by atoms with Gasteiger partial charge in [-0.2, -0.15) is 0 Å². The van der Waals surface area contributed by atoms with E-state index in [1.165, 1.54) is 0 Å². The van der Waals surface area contributed by atoms with Gasteiger partial charge in [-0.1, -0.05) is 18.2 Å². The first-order valence-corrected chi connectivity index (χ1v) is 9.55. The van der Waals surface area contributed by atoms with Gasteiger partial charge in [0.1, 0.15) is 5.75 Å². The summed E-state index contributed by atoms with van der Waals surface area (Å²) in [7, 11) is 0. The van der Waals surface area contributed by atoms with Crippen LogP contribution in [0.4, 0.5) is 0 Å². The van der Waals surface area contributed by atoms with Crippen molar-refractivity contribution in [2.75, 3.05) is 26.5 Å². The Bertz CT molecular complexity index is 870. The molecular formula is C21H26N4O4. The highest BCUT2D eigenvalue weighted by atomic mass is 16.7. The van der Waals surface area contributed by atoms with Gasteiger partial charge in [0.2, 0.25) is 6.79 Å². The van der Waals surface area contributed by atoms with E-state index in [4.69, 9.17) is 19.9 Å². The van der Waals surface area contributed by atoms with Crippen LogP contribution in [0.2, 0.25) is 0 Å². The lowest BCUT2D eigenvalue weighted by Crippen LogP contribution is -2.38. The number of primary amides is 1. The van der Waals surface area contributed by atoms with E-state index in [0.717, 1.165) is 48.1 Å². The van der Waals surface area contributed by atoms with Crippen molar-refractivity contribution in [1.29, 1.82) is 0 Å². The minimum absolute atomic E-state index is 0.142. The molecule has 3 rings (SSSR count). The third kappa shape index (κ3) is 6.31. The lowest BCUT2D eigenvalue weighted by atomic mass is 10.1. The minimum atomic E-state index is -0.505. The third-order valence-electron chi connectivity index (χ3n) is 4.19. The van der Waals surface area contributed by atoms with Crippen molar-refractivity contribution < 1.29 is 19.0 Å². The molecule has 154 valence electrons. The van der Waals surface area contributed by atoms with Crippen molar-refractivity contribution in [1.82, 2.24) is 10.6 Å². The van der Waals surface area contributed by atoms with Gasteiger partial charge in [0, 0.05) is 13.1 Å². The lowest BCUT2D eigenvalue weighted by molar-refractivity contribution is -0.119. The zero-order chi connectivity index (χ0) is 20.5. The van der Waals surface area contributed by atoms with Crippen LogP contribution in [-0.4, -0.2) is 38.4 Å². The number of rotatable bonds is 9. The zero-order valence-electron chi connectivity index (χ0n) is 16.4. The van der Waals surface area contributed by atoms with Crippen LogP contribution in [0.5, 0.6) is 17.2 Å². The van der Waals surface area contributed by atoms with Gasteiger partial charge in [-0.25, -0.2) is 4.99 Å². The Labute approximate surface area is 170 Å². The molecule has 0 spiro atoms. The fourth-order valence-corrected chi connectivity index (χ4v) is 2.82. The predicted octanol–water partition coefficient (Wildman–Crippen LogP) is 1.58. The number of hydrogen-bond donors (Lipinski definition) is 3. The summed E-state index contributed by atoms with van der Waals surface area (Å²) in [4.78, 5) is 15.5. The second-order valence-electron chi connectivity index (χ2n) is 6.46. The number of nitrogens with zero attached hydrogens (tertiary/aromatic N) is 1. The van der Waals surface area contributed by atoms with Gasteiger partial charge < -0.3 is 30.6 Å². The van der Waals surface area contributed by atoms with Crippen LogP contribution in [0.15, 0.2) is 47.5 Å². The summed E-state index contributed by atoms with van der Waals surface area (Å²) >= 11 is 0. The van der Waals surface area contributed by atoms with Crippen LogP contribution in [-0.2, 0) is 17.8 Å². The van der Waals surface area contributed by atoms with Crippen LogP contribution in [0, 0.1) is 0 Å². The fraction of sp³-hybridized carbons (Fsp3) is 0.333. The molecule has 0 unspecified atom stereocenters. The highest BCUT2D eigenvalue weighted by Crippen LogP contribution is 2.32. The molecule has 0 atom stereocenters. The Morgan fingerprint density at radius 3 is 2.83 bits per heavy atom. The maximum absolute atomic E-state index is 10.8. The second-order valence-corrected chi connectivity index (χ2v) is 6.46. The molecule has 0 aliphatic carbocycles. The summed E-state index contributed by atoms with van der Waals surface area (Å²) in [5.41, 5.74) is 7.25. The number of aliphatic imine (C=N–C) groups is 1. The number of nitrogens with two attached hydrogens (primary N) is 1. The number of ether oxygens (including phenoxy) is 3. The molecule has 0 radical (unpaired) electrons. The van der Waals surface area contributed by atoms with Gasteiger partial charge in [0.05, 0.1) is 6.54 Å². The van der Waals surface area contributed by atoms with Gasteiger partial charge in [-0.3, -0.25) is 4.79 Å². The van der Waals surface area contributed by atoms with E-state index in [9.17, 15) is 4.79 Å². The van der Waals surface area contributed by atoms with Crippen LogP contribution in [0.25, 0.3) is 0 Å². The Morgan fingerprint density at radius 1 is 1.14 bits per heavy atom. The van der Waals surface area contributed by atoms with Crippen molar-refractivity contribution in [2.45, 2.75) is 19.9 Å². The molecule has 8 heteroatoms. The largest absolute Gasteiger partial charge is 0.484 e. The van der Waals surface area contributed by atoms with Gasteiger partial charge in [0.15, 0.2) is 24.1 Å². The van der Waals surface area contributed by atoms with E-state index in [1.54, 1.807) is 6.07 Å². The maximum Gasteiger partial charge on any atom is 0.255 e. The van der Waals surface area contributed by atoms with E-state index in [2.05, 4.69) is 15.6 Å². The molecule has 1 heterocycles. The molecule has 0 bridgehead atoms. The summed E-state index contributed by atoms with van der Waals surface area (Å²) in [6.45, 7) is 4.13. The van der Waals surface area contributed by atoms with Gasteiger partial charge in [0.25, 0.3) is 5.91 Å². The molecule has 4 N–H and O–H groups in total. The van der Waals surface area contributed by atoms with Crippen molar-refractivity contribution in [2.24, 2.45) is 10.7 Å². The molecule has 0 fully saturated rings. The smallest absolute Gasteiger partial charge is 0.255 e. The molecule has 0 aromatic heterocycles. The average molecular weight is 398 g/mol. The van der Waals surface area contributed by atoms with Gasteiger partial charge in [-0.15, -0.1) is 0 Å². The Balaban J connectivity index is 1.53. The third-order valence-corrected chi connectivity index (χ3v) is 4.19. The molecular weight excluding hydrogens is 372 g/mol. The number of guanidine groups is 1. The second kappa shape index (κ2) is 10.2. The molecule has 1 aliphatic heterocycles. The molecule has 2 aromatic rings. The monoisotopic (exact) mass is 398 g/mol. The predicted molar refractivity (Wildman–Crippen MR) is 110 cm³/mol. The molecule has 29 heavy (non-hydrogen) atoms. The van der Waals surface area contributed by atoms with Crippen molar-refractivity contribution in [3.63, 3.8) is 0 Å². The first-order chi connectivity index (χ1) is 14.1. The SMILES string of the molecule is CCNC(=NCc1cccc(OCC(N)=O)c1)NCCc1ccc2c(c1)OCO2. The molecule has 1 amide bonds. The van der Waals surface area contributed by atoms with Crippen LogP contribution in [0.3, 0.4) is 0 Å². The summed E-state index contributed by atoms with van der Waals surface area (Å²) in [6.07, 6.45) is 0.831. The van der Waals surface area contributed by atoms with Gasteiger partial charge >= 0.3 is 0 Å². The highest BCUT2D eigenvalue weighted by molar-refractivity contribution is 5.79. The van der Waals surface area contributed by atoms with Gasteiger partial charge in [-0.05, 0) is 48.7 Å². The summed E-state index contributed by atoms with van der Waals surface area (Å²) < 4.78 is 16.1. The quantitative estimate of drug-likeness (QED) is 0.437. The summed E-state index contributed by atoms with van der Waals surface area (Å²) in [5, 5.41) is 6.57. The van der Waals surface area contributed by atoms with Crippen LogP contribution in [0.1, 0.15) is 18.1 Å². The van der Waals surface area contributed by atoms with E-state index < -0.39 is 5.91 Å². The number of benzene rings is 2. The van der Waals surface area contributed by atoms with E-state index >= 15 is 0 Å². The number of amides is 1. The number of carbonyl (C=O) groups excluding carboxylic acids is 1. The van der Waals surface area contributed by atoms with Crippen LogP contribution >= 0.6 is 0 Å². The van der Waals surface area contributed by atoms with Crippen LogP contribution < -0.4 is 30.6 Å². The standard InChI is InChI=1S/C21H26N4O4/c1-2-23-21(24-9-8-15-6-7-18-19(11-15)29-14-28-18)25-12-16-4-3-5-17(10-16)27-13-20(22)26/h3-7,10-11H,2,8-9,12-14H2,1H3,(H2,22,26)(H2,23,24,25). The molecule has 8 nitrogen and oxygen atoms in total. The minimum Gasteiger partial charge on any atom is -0.484 e. The van der Waals surface area contributed by atoms with E-state index in [0.29, 0.717) is 12.3 Å². The molecule has 1 aliphatic rings. The molecule has 2 aromatic carbocycles. The Kier molecular flexibility index (Phi) is 7.16. The summed E-state index contributed by atoms with van der Waals surface area (Å²) in [6, 6.07) is 13.4.